The SMILES string of the molecule is [2H][13C]([2H])([2H])C(C(=O)O)c1ccc(-c2ccccc2)c(F)c1. The van der Waals surface area contributed by atoms with Crippen molar-refractivity contribution >= 4 is 5.97 Å². The Balaban J connectivity index is 2.46. The highest BCUT2D eigenvalue weighted by Gasteiger charge is 2.15. The van der Waals surface area contributed by atoms with Crippen LogP contribution in [0.1, 0.15) is 22.4 Å². The van der Waals surface area contributed by atoms with Gasteiger partial charge in [0.15, 0.2) is 0 Å². The van der Waals surface area contributed by atoms with Crippen LogP contribution in [-0.4, -0.2) is 11.1 Å². The first-order chi connectivity index (χ1) is 9.80. The second-order valence-corrected chi connectivity index (χ2v) is 3.88. The highest BCUT2D eigenvalue weighted by Crippen LogP contribution is 2.26. The molecule has 0 amide bonds. The Kier molecular flexibility index (Phi) is 2.46. The van der Waals surface area contributed by atoms with E-state index in [1.54, 1.807) is 30.3 Å². The fourth-order valence-electron chi connectivity index (χ4n) is 1.71. The number of aliphatic carboxylic acids is 1. The van der Waals surface area contributed by atoms with Gasteiger partial charge in [-0.2, -0.15) is 0 Å². The van der Waals surface area contributed by atoms with Crippen LogP contribution in [-0.2, 0) is 4.79 Å². The molecule has 0 bridgehead atoms. The quantitative estimate of drug-likeness (QED) is 0.841. The van der Waals surface area contributed by atoms with Gasteiger partial charge in [0.1, 0.15) is 5.82 Å². The molecule has 0 fully saturated rings. The standard InChI is InChI=1S/C15H13FO2/c1-10(15(17)18)12-7-8-13(14(16)9-12)11-5-3-2-4-6-11/h2-10H,1H3,(H,17,18)/i1+1D3. The van der Waals surface area contributed by atoms with Crippen molar-refractivity contribution in [3.05, 3.63) is 59.9 Å². The van der Waals surface area contributed by atoms with Gasteiger partial charge in [-0.3, -0.25) is 4.79 Å². The molecule has 0 aromatic heterocycles. The monoisotopic (exact) mass is 248 g/mol. The zero-order valence-electron chi connectivity index (χ0n) is 12.4. The molecule has 0 spiro atoms. The first kappa shape index (κ1) is 8.86. The van der Waals surface area contributed by atoms with Gasteiger partial charge in [0.05, 0.1) is 5.92 Å². The van der Waals surface area contributed by atoms with Gasteiger partial charge in [0.25, 0.3) is 0 Å². The lowest BCUT2D eigenvalue weighted by Crippen LogP contribution is -2.07. The zero-order chi connectivity index (χ0) is 15.6. The minimum atomic E-state index is -2.73. The minimum Gasteiger partial charge on any atom is -0.481 e. The van der Waals surface area contributed by atoms with Gasteiger partial charge in [-0.15, -0.1) is 0 Å². The second kappa shape index (κ2) is 5.00. The zero-order valence-corrected chi connectivity index (χ0v) is 9.43. The summed E-state index contributed by atoms with van der Waals surface area (Å²) in [6.45, 7) is -2.73. The summed E-state index contributed by atoms with van der Waals surface area (Å²) in [5, 5.41) is 9.06. The van der Waals surface area contributed by atoms with Crippen LogP contribution in [0.3, 0.4) is 0 Å². The van der Waals surface area contributed by atoms with Crippen LogP contribution >= 0.6 is 0 Å². The largest absolute Gasteiger partial charge is 0.481 e. The number of halogens is 1. The summed E-state index contributed by atoms with van der Waals surface area (Å²) in [6.07, 6.45) is 0. The molecule has 1 unspecified atom stereocenters. The van der Waals surface area contributed by atoms with Crippen molar-refractivity contribution in [2.24, 2.45) is 0 Å². The molecule has 2 nitrogen and oxygen atoms in total. The van der Waals surface area contributed by atoms with E-state index in [4.69, 9.17) is 9.22 Å². The number of hydrogen-bond acceptors (Lipinski definition) is 1. The maximum absolute atomic E-state index is 14.2. The molecule has 0 saturated heterocycles. The number of rotatable bonds is 3. The van der Waals surface area contributed by atoms with Crippen LogP contribution in [0, 0.1) is 5.82 Å². The average Bonchev–Trinajstić information content (AvgIpc) is 2.37. The van der Waals surface area contributed by atoms with Crippen molar-refractivity contribution < 1.29 is 18.4 Å². The Morgan fingerprint density at radius 1 is 1.28 bits per heavy atom. The number of carboxylic acids is 1. The van der Waals surface area contributed by atoms with E-state index in [1.807, 2.05) is 0 Å². The Morgan fingerprint density at radius 3 is 2.56 bits per heavy atom. The van der Waals surface area contributed by atoms with E-state index in [0.29, 0.717) is 11.1 Å². The average molecular weight is 248 g/mol. The van der Waals surface area contributed by atoms with Gasteiger partial charge in [0.2, 0.25) is 0 Å². The van der Waals surface area contributed by atoms with Crippen molar-refractivity contribution in [3.8, 4) is 11.1 Å². The summed E-state index contributed by atoms with van der Waals surface area (Å²) in [5.74, 6) is -3.88. The maximum Gasteiger partial charge on any atom is 0.310 e. The Morgan fingerprint density at radius 2 is 2.00 bits per heavy atom. The van der Waals surface area contributed by atoms with Crippen LogP contribution in [0.25, 0.3) is 11.1 Å². The second-order valence-electron chi connectivity index (χ2n) is 3.88. The van der Waals surface area contributed by atoms with Crippen LogP contribution in [0.4, 0.5) is 4.39 Å². The number of benzene rings is 2. The third kappa shape index (κ3) is 2.40. The highest BCUT2D eigenvalue weighted by molar-refractivity contribution is 5.76. The smallest absolute Gasteiger partial charge is 0.310 e. The summed E-state index contributed by atoms with van der Waals surface area (Å²) in [5.41, 5.74) is 0.871. The summed E-state index contributed by atoms with van der Waals surface area (Å²) in [7, 11) is 0. The molecule has 92 valence electrons. The first-order valence-corrected chi connectivity index (χ1v) is 5.38. The highest BCUT2D eigenvalue weighted by atomic mass is 19.1. The molecule has 0 radical (unpaired) electrons. The van der Waals surface area contributed by atoms with E-state index in [2.05, 4.69) is 0 Å². The van der Waals surface area contributed by atoms with Gasteiger partial charge < -0.3 is 5.11 Å². The molecule has 18 heavy (non-hydrogen) atoms. The van der Waals surface area contributed by atoms with Gasteiger partial charge in [0, 0.05) is 9.68 Å². The minimum absolute atomic E-state index is 0.0697. The van der Waals surface area contributed by atoms with Gasteiger partial charge >= 0.3 is 5.97 Å². The third-order valence-electron chi connectivity index (χ3n) is 2.66. The van der Waals surface area contributed by atoms with Crippen molar-refractivity contribution in [2.75, 3.05) is 0 Å². The predicted octanol–water partition coefficient (Wildman–Crippen LogP) is 3.68. The lowest BCUT2D eigenvalue weighted by atomic mass is 9.99. The Labute approximate surface area is 109 Å². The molecule has 1 atom stereocenters. The van der Waals surface area contributed by atoms with Crippen molar-refractivity contribution in [1.29, 1.82) is 0 Å². The number of hydrogen-bond donors (Lipinski definition) is 1. The summed E-state index contributed by atoms with van der Waals surface area (Å²) in [6, 6.07) is 12.5. The topological polar surface area (TPSA) is 37.3 Å². The summed E-state index contributed by atoms with van der Waals surface area (Å²) < 4.78 is 36.0. The molecule has 0 saturated carbocycles. The van der Waals surface area contributed by atoms with Crippen molar-refractivity contribution in [3.63, 3.8) is 0 Å². The van der Waals surface area contributed by atoms with Crippen molar-refractivity contribution in [1.82, 2.24) is 0 Å². The van der Waals surface area contributed by atoms with Gasteiger partial charge in [-0.25, -0.2) is 4.39 Å². The summed E-state index contributed by atoms with van der Waals surface area (Å²) >= 11 is 0. The van der Waals surface area contributed by atoms with Crippen LogP contribution in [0.15, 0.2) is 48.5 Å². The van der Waals surface area contributed by atoms with E-state index < -0.39 is 24.6 Å². The predicted molar refractivity (Wildman–Crippen MR) is 67.9 cm³/mol. The number of carbonyl (C=O) groups is 1. The molecule has 3 heteroatoms. The first-order valence-electron chi connectivity index (χ1n) is 6.88. The molecule has 2 aromatic carbocycles. The molecule has 2 aromatic rings. The molecular weight excluding hydrogens is 232 g/mol. The fourth-order valence-corrected chi connectivity index (χ4v) is 1.71. The Bertz CT molecular complexity index is 654. The fraction of sp³-hybridized carbons (Fsp3) is 0.133. The molecule has 0 aliphatic rings. The van der Waals surface area contributed by atoms with E-state index in [1.165, 1.54) is 12.1 Å². The van der Waals surface area contributed by atoms with Crippen LogP contribution in [0.2, 0.25) is 0 Å². The molecule has 0 aliphatic heterocycles. The Hall–Kier alpha value is -2.16. The van der Waals surface area contributed by atoms with Gasteiger partial charge in [-0.1, -0.05) is 42.5 Å². The molecule has 2 rings (SSSR count). The lowest BCUT2D eigenvalue weighted by Gasteiger charge is -2.09. The van der Waals surface area contributed by atoms with E-state index in [0.717, 1.165) is 6.07 Å². The normalized spacial score (nSPS) is 15.3. The number of carboxylic acid groups (broad SMARTS) is 1. The molecule has 0 heterocycles. The van der Waals surface area contributed by atoms with Crippen molar-refractivity contribution in [2.45, 2.75) is 12.8 Å². The van der Waals surface area contributed by atoms with E-state index >= 15 is 0 Å². The van der Waals surface area contributed by atoms with Crippen LogP contribution in [0.5, 0.6) is 0 Å². The van der Waals surface area contributed by atoms with Crippen LogP contribution < -0.4 is 0 Å². The molecule has 1 N–H and O–H groups in total. The lowest BCUT2D eigenvalue weighted by molar-refractivity contribution is -0.138. The van der Waals surface area contributed by atoms with E-state index in [9.17, 15) is 9.18 Å². The maximum atomic E-state index is 14.2. The van der Waals surface area contributed by atoms with E-state index in [-0.39, 0.29) is 5.56 Å². The molecular formula is C15H13FO2. The van der Waals surface area contributed by atoms with Gasteiger partial charge in [-0.05, 0) is 24.0 Å². The summed E-state index contributed by atoms with van der Waals surface area (Å²) in [4.78, 5) is 11.1. The third-order valence-corrected chi connectivity index (χ3v) is 2.66. The molecule has 0 aliphatic carbocycles.